The highest BCUT2D eigenvalue weighted by molar-refractivity contribution is 6.01. The van der Waals surface area contributed by atoms with Gasteiger partial charge in [0.25, 0.3) is 5.91 Å². The smallest absolute Gasteiger partial charge is 0.254 e. The Bertz CT molecular complexity index is 1430. The van der Waals surface area contributed by atoms with E-state index in [-0.39, 0.29) is 5.91 Å². The molecule has 1 amide bonds. The standard InChI is InChI=1S/C32H25NO/c34-32(33(21-23-9-3-1-4-10-23)22-24-11-5-2-6-12-24)29-18-27-17-26-16-15-25-13-7-8-14-30(25)31(26)20-28(27)19-29/h1-16,18-20H,17,21-22H2. The lowest BCUT2D eigenvalue weighted by atomic mass is 9.87. The van der Waals surface area contributed by atoms with Crippen LogP contribution in [0, 0.1) is 0 Å². The zero-order valence-corrected chi connectivity index (χ0v) is 18.9. The van der Waals surface area contributed by atoms with Gasteiger partial charge in [0.05, 0.1) is 0 Å². The Kier molecular flexibility index (Phi) is 5.20. The highest BCUT2D eigenvalue weighted by atomic mass is 16.2. The summed E-state index contributed by atoms with van der Waals surface area (Å²) in [7, 11) is 0. The number of allylic oxidation sites excluding steroid dienone is 3. The van der Waals surface area contributed by atoms with Crippen molar-refractivity contribution in [2.24, 2.45) is 0 Å². The summed E-state index contributed by atoms with van der Waals surface area (Å²) in [5, 5.41) is 2.52. The Labute approximate surface area is 200 Å². The van der Waals surface area contributed by atoms with Gasteiger partial charge >= 0.3 is 0 Å². The molecule has 0 bridgehead atoms. The SMILES string of the molecule is O=C(C1=CC2=Cc3c(ccc4ccccc34)CC2=C1)N(Cc1ccccc1)Cc1ccccc1. The zero-order chi connectivity index (χ0) is 22.9. The van der Waals surface area contributed by atoms with Crippen LogP contribution >= 0.6 is 0 Å². The Balaban J connectivity index is 1.33. The first kappa shape index (κ1) is 20.4. The molecule has 0 heterocycles. The molecule has 2 nitrogen and oxygen atoms in total. The van der Waals surface area contributed by atoms with Gasteiger partial charge in [-0.3, -0.25) is 4.79 Å². The minimum Gasteiger partial charge on any atom is -0.330 e. The number of hydrogen-bond acceptors (Lipinski definition) is 1. The third-order valence-corrected chi connectivity index (χ3v) is 6.72. The van der Waals surface area contributed by atoms with Gasteiger partial charge in [-0.05, 0) is 68.8 Å². The molecular weight excluding hydrogens is 414 g/mol. The van der Waals surface area contributed by atoms with Gasteiger partial charge in [-0.15, -0.1) is 0 Å². The predicted octanol–water partition coefficient (Wildman–Crippen LogP) is 6.87. The van der Waals surface area contributed by atoms with Crippen LogP contribution in [-0.4, -0.2) is 10.8 Å². The fourth-order valence-electron chi connectivity index (χ4n) is 5.00. The molecule has 0 aliphatic heterocycles. The average molecular weight is 440 g/mol. The van der Waals surface area contributed by atoms with Crippen LogP contribution in [0.5, 0.6) is 0 Å². The van der Waals surface area contributed by atoms with Crippen LogP contribution in [-0.2, 0) is 24.3 Å². The van der Waals surface area contributed by atoms with Crippen LogP contribution < -0.4 is 0 Å². The lowest BCUT2D eigenvalue weighted by molar-refractivity contribution is -0.128. The second-order valence-corrected chi connectivity index (χ2v) is 9.04. The number of hydrogen-bond donors (Lipinski definition) is 0. The van der Waals surface area contributed by atoms with E-state index in [0.717, 1.165) is 28.7 Å². The summed E-state index contributed by atoms with van der Waals surface area (Å²) in [6.07, 6.45) is 7.28. The number of nitrogens with zero attached hydrogens (tertiary/aromatic N) is 1. The molecule has 0 saturated heterocycles. The molecule has 2 aliphatic rings. The highest BCUT2D eigenvalue weighted by Crippen LogP contribution is 2.38. The van der Waals surface area contributed by atoms with Gasteiger partial charge < -0.3 is 4.90 Å². The van der Waals surface area contributed by atoms with E-state index in [1.165, 1.54) is 27.5 Å². The molecule has 0 N–H and O–H groups in total. The minimum atomic E-state index is 0.0735. The maximum Gasteiger partial charge on any atom is 0.254 e. The normalized spacial score (nSPS) is 14.1. The summed E-state index contributed by atoms with van der Waals surface area (Å²) in [5.74, 6) is 0.0735. The molecule has 0 radical (unpaired) electrons. The Morgan fingerprint density at radius 3 is 2.03 bits per heavy atom. The summed E-state index contributed by atoms with van der Waals surface area (Å²) >= 11 is 0. The third kappa shape index (κ3) is 3.88. The molecule has 2 heteroatoms. The van der Waals surface area contributed by atoms with E-state index in [4.69, 9.17) is 0 Å². The van der Waals surface area contributed by atoms with Gasteiger partial charge in [0.15, 0.2) is 0 Å². The summed E-state index contributed by atoms with van der Waals surface area (Å²) in [4.78, 5) is 15.7. The van der Waals surface area contributed by atoms with Crippen LogP contribution in [0.1, 0.15) is 22.3 Å². The molecule has 34 heavy (non-hydrogen) atoms. The summed E-state index contributed by atoms with van der Waals surface area (Å²) in [6.45, 7) is 1.16. The monoisotopic (exact) mass is 439 g/mol. The van der Waals surface area contributed by atoms with Crippen molar-refractivity contribution in [1.82, 2.24) is 4.90 Å². The van der Waals surface area contributed by atoms with E-state index in [0.29, 0.717) is 13.1 Å². The number of fused-ring (bicyclic) bond motifs is 4. The van der Waals surface area contributed by atoms with Crippen LogP contribution in [0.25, 0.3) is 16.8 Å². The highest BCUT2D eigenvalue weighted by Gasteiger charge is 2.26. The first-order valence-corrected chi connectivity index (χ1v) is 11.8. The minimum absolute atomic E-state index is 0.0735. The van der Waals surface area contributed by atoms with Gasteiger partial charge in [0.2, 0.25) is 0 Å². The molecule has 4 aromatic rings. The van der Waals surface area contributed by atoms with E-state index in [1.807, 2.05) is 41.3 Å². The quantitative estimate of drug-likeness (QED) is 0.332. The van der Waals surface area contributed by atoms with Gasteiger partial charge in [-0.25, -0.2) is 0 Å². The van der Waals surface area contributed by atoms with Gasteiger partial charge in [-0.2, -0.15) is 0 Å². The fourth-order valence-corrected chi connectivity index (χ4v) is 5.00. The Hall–Kier alpha value is -4.17. The molecule has 2 aliphatic carbocycles. The van der Waals surface area contributed by atoms with Crippen LogP contribution in [0.4, 0.5) is 0 Å². The van der Waals surface area contributed by atoms with E-state index < -0.39 is 0 Å². The first-order chi connectivity index (χ1) is 16.7. The van der Waals surface area contributed by atoms with E-state index in [2.05, 4.69) is 78.9 Å². The molecule has 0 spiro atoms. The third-order valence-electron chi connectivity index (χ3n) is 6.72. The molecular formula is C32H25NO. The molecule has 6 rings (SSSR count). The van der Waals surface area contributed by atoms with Crippen molar-refractivity contribution in [3.8, 4) is 0 Å². The second kappa shape index (κ2) is 8.64. The largest absolute Gasteiger partial charge is 0.330 e. The van der Waals surface area contributed by atoms with Crippen molar-refractivity contribution < 1.29 is 4.79 Å². The number of carbonyl (C=O) groups is 1. The van der Waals surface area contributed by atoms with E-state index in [9.17, 15) is 4.79 Å². The molecule has 0 aromatic heterocycles. The Morgan fingerprint density at radius 1 is 0.676 bits per heavy atom. The lowest BCUT2D eigenvalue weighted by Gasteiger charge is -2.23. The summed E-state index contributed by atoms with van der Waals surface area (Å²) in [6, 6.07) is 33.4. The molecule has 4 aromatic carbocycles. The van der Waals surface area contributed by atoms with Crippen LogP contribution in [0.2, 0.25) is 0 Å². The predicted molar refractivity (Wildman–Crippen MR) is 139 cm³/mol. The van der Waals surface area contributed by atoms with Crippen LogP contribution in [0.15, 0.2) is 126 Å². The number of carbonyl (C=O) groups excluding carboxylic acids is 1. The second-order valence-electron chi connectivity index (χ2n) is 9.04. The lowest BCUT2D eigenvalue weighted by Crippen LogP contribution is -2.30. The number of rotatable bonds is 5. The molecule has 0 fully saturated rings. The van der Waals surface area contributed by atoms with Crippen molar-refractivity contribution in [3.63, 3.8) is 0 Å². The van der Waals surface area contributed by atoms with E-state index >= 15 is 0 Å². The van der Waals surface area contributed by atoms with Crippen molar-refractivity contribution in [2.45, 2.75) is 19.5 Å². The van der Waals surface area contributed by atoms with Crippen molar-refractivity contribution in [2.75, 3.05) is 0 Å². The van der Waals surface area contributed by atoms with Gasteiger partial charge in [0.1, 0.15) is 0 Å². The average Bonchev–Trinajstić information content (AvgIpc) is 3.31. The summed E-state index contributed by atoms with van der Waals surface area (Å²) in [5.41, 5.74) is 8.02. The van der Waals surface area contributed by atoms with Crippen molar-refractivity contribution in [3.05, 3.63) is 148 Å². The molecule has 0 saturated carbocycles. The number of amides is 1. The van der Waals surface area contributed by atoms with Gasteiger partial charge in [0, 0.05) is 18.7 Å². The number of benzene rings is 4. The maximum atomic E-state index is 13.8. The fraction of sp³-hybridized carbons (Fsp3) is 0.0938. The maximum absolute atomic E-state index is 13.8. The van der Waals surface area contributed by atoms with Crippen molar-refractivity contribution >= 4 is 22.8 Å². The molecule has 0 atom stereocenters. The van der Waals surface area contributed by atoms with Crippen LogP contribution in [0.3, 0.4) is 0 Å². The van der Waals surface area contributed by atoms with E-state index in [1.54, 1.807) is 0 Å². The Morgan fingerprint density at radius 2 is 1.32 bits per heavy atom. The first-order valence-electron chi connectivity index (χ1n) is 11.8. The molecule has 0 unspecified atom stereocenters. The zero-order valence-electron chi connectivity index (χ0n) is 18.9. The summed E-state index contributed by atoms with van der Waals surface area (Å²) < 4.78 is 0. The topological polar surface area (TPSA) is 20.3 Å². The van der Waals surface area contributed by atoms with Crippen molar-refractivity contribution in [1.29, 1.82) is 0 Å². The molecule has 164 valence electrons. The van der Waals surface area contributed by atoms with Gasteiger partial charge in [-0.1, -0.05) is 97.1 Å².